The lowest BCUT2D eigenvalue weighted by molar-refractivity contribution is -0.130. The summed E-state index contributed by atoms with van der Waals surface area (Å²) in [6.07, 6.45) is 1.93. The van der Waals surface area contributed by atoms with Crippen LogP contribution in [0.25, 0.3) is 10.9 Å². The number of ketones is 1. The predicted molar refractivity (Wildman–Crippen MR) is 98.7 cm³/mol. The summed E-state index contributed by atoms with van der Waals surface area (Å²) < 4.78 is 7.09. The lowest BCUT2D eigenvalue weighted by atomic mass is 9.91. The molecule has 1 atom stereocenters. The van der Waals surface area contributed by atoms with Crippen molar-refractivity contribution in [3.05, 3.63) is 47.4 Å². The van der Waals surface area contributed by atoms with Crippen molar-refractivity contribution in [2.75, 3.05) is 20.3 Å². The Kier molecular flexibility index (Phi) is 4.87. The highest BCUT2D eigenvalue weighted by atomic mass is 16.5. The highest BCUT2D eigenvalue weighted by Gasteiger charge is 2.44. The van der Waals surface area contributed by atoms with Gasteiger partial charge in [-0.25, -0.2) is 0 Å². The third kappa shape index (κ3) is 2.80. The van der Waals surface area contributed by atoms with Gasteiger partial charge in [-0.3, -0.25) is 9.59 Å². The molecule has 1 aliphatic rings. The molecule has 1 aliphatic heterocycles. The van der Waals surface area contributed by atoms with Crippen LogP contribution in [0.5, 0.6) is 0 Å². The number of benzene rings is 1. The summed E-state index contributed by atoms with van der Waals surface area (Å²) in [4.78, 5) is 27.0. The maximum absolute atomic E-state index is 12.8. The Bertz CT molecular complexity index is 894. The van der Waals surface area contributed by atoms with Gasteiger partial charge in [0.1, 0.15) is 0 Å². The zero-order valence-corrected chi connectivity index (χ0v) is 15.5. The molecule has 0 fully saturated rings. The summed E-state index contributed by atoms with van der Waals surface area (Å²) in [7, 11) is 3.48. The second-order valence-corrected chi connectivity index (χ2v) is 6.89. The number of carbonyl (C=O) groups is 2. The molecule has 6 heteroatoms. The van der Waals surface area contributed by atoms with E-state index in [1.165, 1.54) is 4.90 Å². The molecular weight excluding hydrogens is 332 g/mol. The predicted octanol–water partition coefficient (Wildman–Crippen LogP) is 2.75. The van der Waals surface area contributed by atoms with Gasteiger partial charge in [0.2, 0.25) is 0 Å². The molecule has 1 aromatic carbocycles. The van der Waals surface area contributed by atoms with Crippen molar-refractivity contribution in [3.8, 4) is 0 Å². The van der Waals surface area contributed by atoms with Gasteiger partial charge in [-0.2, -0.15) is 0 Å². The normalized spacial score (nSPS) is 17.8. The number of fused-ring (bicyclic) bond motifs is 1. The highest BCUT2D eigenvalue weighted by Crippen LogP contribution is 2.41. The molecule has 2 heterocycles. The summed E-state index contributed by atoms with van der Waals surface area (Å²) in [5.74, 6) is -1.50. The molecular formula is C20H24N2O4. The van der Waals surface area contributed by atoms with Gasteiger partial charge in [-0.15, -0.1) is 0 Å². The van der Waals surface area contributed by atoms with E-state index in [0.717, 1.165) is 16.5 Å². The number of methoxy groups -OCH3 is 1. The zero-order valence-electron chi connectivity index (χ0n) is 15.5. The van der Waals surface area contributed by atoms with Crippen LogP contribution in [-0.4, -0.2) is 46.5 Å². The molecule has 0 radical (unpaired) electrons. The Morgan fingerprint density at radius 2 is 2.00 bits per heavy atom. The van der Waals surface area contributed by atoms with Crippen LogP contribution in [0.1, 0.15) is 25.5 Å². The summed E-state index contributed by atoms with van der Waals surface area (Å²) in [6.45, 7) is 4.15. The van der Waals surface area contributed by atoms with Crippen LogP contribution in [0.2, 0.25) is 0 Å². The topological polar surface area (TPSA) is 71.8 Å². The molecule has 0 saturated heterocycles. The van der Waals surface area contributed by atoms with Crippen molar-refractivity contribution < 1.29 is 19.4 Å². The SMILES string of the molecule is COCCN1C(=O)C(O)=C(C(=O)C(C)C)C1c1cn(C)c2ccccc12. The average molecular weight is 356 g/mol. The number of Topliss-reactive ketones (excluding diaryl/α,β-unsaturated/α-hetero) is 1. The van der Waals surface area contributed by atoms with Crippen LogP contribution in [-0.2, 0) is 21.4 Å². The fourth-order valence-corrected chi connectivity index (χ4v) is 3.55. The van der Waals surface area contributed by atoms with Crippen LogP contribution in [0.4, 0.5) is 0 Å². The van der Waals surface area contributed by atoms with Crippen LogP contribution in [0.3, 0.4) is 0 Å². The smallest absolute Gasteiger partial charge is 0.290 e. The van der Waals surface area contributed by atoms with E-state index in [1.54, 1.807) is 21.0 Å². The second kappa shape index (κ2) is 6.96. The number of aromatic nitrogens is 1. The monoisotopic (exact) mass is 356 g/mol. The average Bonchev–Trinajstić information content (AvgIpc) is 3.08. The molecule has 3 rings (SSSR count). The zero-order chi connectivity index (χ0) is 19.0. The fourth-order valence-electron chi connectivity index (χ4n) is 3.55. The van der Waals surface area contributed by atoms with Gasteiger partial charge in [-0.1, -0.05) is 32.0 Å². The molecule has 0 spiro atoms. The van der Waals surface area contributed by atoms with Crippen molar-refractivity contribution >= 4 is 22.6 Å². The molecule has 0 saturated carbocycles. The maximum Gasteiger partial charge on any atom is 0.290 e. The van der Waals surface area contributed by atoms with Gasteiger partial charge in [-0.05, 0) is 6.07 Å². The Balaban J connectivity index is 2.20. The van der Waals surface area contributed by atoms with E-state index in [0.29, 0.717) is 13.2 Å². The third-order valence-electron chi connectivity index (χ3n) is 4.85. The van der Waals surface area contributed by atoms with E-state index in [9.17, 15) is 14.7 Å². The lowest BCUT2D eigenvalue weighted by Crippen LogP contribution is -2.34. The van der Waals surface area contributed by atoms with Crippen molar-refractivity contribution in [2.45, 2.75) is 19.9 Å². The van der Waals surface area contributed by atoms with Crippen molar-refractivity contribution in [1.82, 2.24) is 9.47 Å². The summed E-state index contributed by atoms with van der Waals surface area (Å²) in [6, 6.07) is 7.22. The van der Waals surface area contributed by atoms with E-state index >= 15 is 0 Å². The van der Waals surface area contributed by atoms with Crippen LogP contribution >= 0.6 is 0 Å². The Morgan fingerprint density at radius 3 is 2.65 bits per heavy atom. The van der Waals surface area contributed by atoms with E-state index in [-0.39, 0.29) is 17.3 Å². The van der Waals surface area contributed by atoms with Crippen LogP contribution in [0, 0.1) is 5.92 Å². The van der Waals surface area contributed by atoms with E-state index < -0.39 is 17.7 Å². The van der Waals surface area contributed by atoms with Crippen LogP contribution < -0.4 is 0 Å². The number of rotatable bonds is 6. The first-order chi connectivity index (χ1) is 12.4. The van der Waals surface area contributed by atoms with Gasteiger partial charge in [0.15, 0.2) is 11.5 Å². The number of aliphatic hydroxyl groups excluding tert-OH is 1. The number of nitrogens with zero attached hydrogens (tertiary/aromatic N) is 2. The minimum absolute atomic E-state index is 0.178. The molecule has 1 amide bonds. The molecule has 138 valence electrons. The first-order valence-corrected chi connectivity index (χ1v) is 8.69. The van der Waals surface area contributed by atoms with Gasteiger partial charge < -0.3 is 19.3 Å². The number of para-hydroxylation sites is 1. The Morgan fingerprint density at radius 1 is 1.31 bits per heavy atom. The summed E-state index contributed by atoms with van der Waals surface area (Å²) in [5.41, 5.74) is 2.02. The molecule has 2 aromatic rings. The molecule has 6 nitrogen and oxygen atoms in total. The van der Waals surface area contributed by atoms with Crippen LogP contribution in [0.15, 0.2) is 41.8 Å². The quantitative estimate of drug-likeness (QED) is 0.864. The number of aryl methyl sites for hydroxylation is 1. The van der Waals surface area contributed by atoms with Gasteiger partial charge in [0.05, 0.1) is 18.2 Å². The number of amides is 1. The largest absolute Gasteiger partial charge is 0.503 e. The number of ether oxygens (including phenoxy) is 1. The molecule has 0 aliphatic carbocycles. The van der Waals surface area contributed by atoms with Crippen molar-refractivity contribution in [1.29, 1.82) is 0 Å². The van der Waals surface area contributed by atoms with E-state index in [2.05, 4.69) is 0 Å². The third-order valence-corrected chi connectivity index (χ3v) is 4.85. The van der Waals surface area contributed by atoms with Gasteiger partial charge >= 0.3 is 0 Å². The fraction of sp³-hybridized carbons (Fsp3) is 0.400. The minimum atomic E-state index is -0.612. The highest BCUT2D eigenvalue weighted by molar-refractivity contribution is 6.10. The number of carbonyl (C=O) groups excluding carboxylic acids is 2. The minimum Gasteiger partial charge on any atom is -0.503 e. The van der Waals surface area contributed by atoms with E-state index in [1.807, 2.05) is 42.1 Å². The standard InChI is InChI=1S/C20H24N2O4/c1-12(2)18(23)16-17(22(9-10-26-4)20(25)19(16)24)14-11-21(3)15-8-6-5-7-13(14)15/h5-8,11-12,17,24H,9-10H2,1-4H3. The molecule has 1 aromatic heterocycles. The summed E-state index contributed by atoms with van der Waals surface area (Å²) >= 11 is 0. The molecule has 0 bridgehead atoms. The Hall–Kier alpha value is -2.60. The van der Waals surface area contributed by atoms with Gasteiger partial charge in [0, 0.05) is 49.3 Å². The van der Waals surface area contributed by atoms with Crippen molar-refractivity contribution in [3.63, 3.8) is 0 Å². The van der Waals surface area contributed by atoms with E-state index in [4.69, 9.17) is 4.74 Å². The molecule has 26 heavy (non-hydrogen) atoms. The maximum atomic E-state index is 12.8. The molecule has 1 unspecified atom stereocenters. The number of hydrogen-bond donors (Lipinski definition) is 1. The summed E-state index contributed by atoms with van der Waals surface area (Å²) in [5, 5.41) is 11.4. The first kappa shape index (κ1) is 18.2. The molecule has 1 N–H and O–H groups in total. The van der Waals surface area contributed by atoms with Gasteiger partial charge in [0.25, 0.3) is 5.91 Å². The van der Waals surface area contributed by atoms with Crippen molar-refractivity contribution in [2.24, 2.45) is 13.0 Å². The number of hydrogen-bond acceptors (Lipinski definition) is 4. The lowest BCUT2D eigenvalue weighted by Gasteiger charge is -2.26. The second-order valence-electron chi connectivity index (χ2n) is 6.89. The number of aliphatic hydroxyl groups is 1. The Labute approximate surface area is 152 Å². The first-order valence-electron chi connectivity index (χ1n) is 8.69.